The van der Waals surface area contributed by atoms with Crippen LogP contribution in [0.15, 0.2) is 48.5 Å². The number of aliphatic hydroxyl groups excluding tert-OH is 1. The Balaban J connectivity index is 1.86. The fraction of sp³-hybridized carbons (Fsp3) is 0.583. The monoisotopic (exact) mass is 638 g/mol. The van der Waals surface area contributed by atoms with Gasteiger partial charge in [0.1, 0.15) is 5.75 Å². The Bertz CT molecular complexity index is 1260. The molecule has 254 valence electrons. The first kappa shape index (κ1) is 37.0. The van der Waals surface area contributed by atoms with Crippen molar-refractivity contribution in [2.45, 2.75) is 77.5 Å². The molecule has 0 saturated heterocycles. The lowest BCUT2D eigenvalue weighted by Gasteiger charge is -2.36. The molecule has 2 aromatic rings. The molecule has 0 spiro atoms. The average Bonchev–Trinajstić information content (AvgIpc) is 3.02. The highest BCUT2D eigenvalue weighted by molar-refractivity contribution is 5.99. The molecule has 1 heterocycles. The number of amides is 3. The van der Waals surface area contributed by atoms with Crippen LogP contribution in [0.2, 0.25) is 0 Å². The highest BCUT2D eigenvalue weighted by Gasteiger charge is 2.31. The Hall–Kier alpha value is -3.47. The van der Waals surface area contributed by atoms with Gasteiger partial charge in [-0.3, -0.25) is 14.4 Å². The molecule has 0 aromatic heterocycles. The minimum Gasteiger partial charge on any atom is -0.490 e. The van der Waals surface area contributed by atoms with Gasteiger partial charge in [0.2, 0.25) is 11.8 Å². The van der Waals surface area contributed by atoms with E-state index in [1.54, 1.807) is 42.0 Å². The number of anilines is 1. The number of rotatable bonds is 11. The van der Waals surface area contributed by atoms with Crippen molar-refractivity contribution >= 4 is 23.4 Å². The third kappa shape index (κ3) is 11.7. The maximum Gasteiger partial charge on any atom is 0.258 e. The second-order valence-electron chi connectivity index (χ2n) is 12.9. The zero-order chi connectivity index (χ0) is 33.6. The van der Waals surface area contributed by atoms with Gasteiger partial charge >= 0.3 is 0 Å². The van der Waals surface area contributed by atoms with Crippen LogP contribution in [-0.2, 0) is 20.7 Å². The highest BCUT2D eigenvalue weighted by atomic mass is 16.5. The van der Waals surface area contributed by atoms with E-state index in [0.29, 0.717) is 49.5 Å². The molecule has 1 aliphatic rings. The Labute approximate surface area is 275 Å². The number of hydrogen-bond acceptors (Lipinski definition) is 7. The molecule has 2 aromatic carbocycles. The van der Waals surface area contributed by atoms with Crippen LogP contribution in [0, 0.1) is 5.92 Å². The summed E-state index contributed by atoms with van der Waals surface area (Å²) >= 11 is 0. The maximum atomic E-state index is 14.3. The van der Waals surface area contributed by atoms with Gasteiger partial charge in [-0.05, 0) is 83.9 Å². The summed E-state index contributed by atoms with van der Waals surface area (Å²) in [5, 5.41) is 13.1. The number of ether oxygens (including phenoxy) is 2. The number of nitrogens with zero attached hydrogens (tertiary/aromatic N) is 3. The van der Waals surface area contributed by atoms with E-state index < -0.39 is 6.04 Å². The van der Waals surface area contributed by atoms with E-state index in [1.165, 1.54) is 0 Å². The van der Waals surface area contributed by atoms with E-state index in [1.807, 2.05) is 63.2 Å². The van der Waals surface area contributed by atoms with Crippen molar-refractivity contribution < 1.29 is 29.0 Å². The highest BCUT2D eigenvalue weighted by Crippen LogP contribution is 2.28. The largest absolute Gasteiger partial charge is 0.490 e. The molecule has 0 fully saturated rings. The molecule has 10 nitrogen and oxygen atoms in total. The van der Waals surface area contributed by atoms with E-state index >= 15 is 0 Å². The van der Waals surface area contributed by atoms with Crippen LogP contribution < -0.4 is 10.1 Å². The molecule has 0 radical (unpaired) electrons. The molecule has 3 amide bonds. The number of hydrogen-bond donors (Lipinski definition) is 2. The molecule has 1 aliphatic heterocycles. The van der Waals surface area contributed by atoms with E-state index in [9.17, 15) is 19.5 Å². The van der Waals surface area contributed by atoms with Crippen LogP contribution in [0.4, 0.5) is 5.69 Å². The summed E-state index contributed by atoms with van der Waals surface area (Å²) in [6, 6.07) is 14.4. The lowest BCUT2D eigenvalue weighted by molar-refractivity contribution is -0.131. The van der Waals surface area contributed by atoms with Gasteiger partial charge in [0.15, 0.2) is 0 Å². The topological polar surface area (TPSA) is 112 Å². The fourth-order valence-electron chi connectivity index (χ4n) is 5.52. The second kappa shape index (κ2) is 18.6. The van der Waals surface area contributed by atoms with Crippen LogP contribution in [-0.4, -0.2) is 110 Å². The third-order valence-electron chi connectivity index (χ3n) is 8.42. The number of fused-ring (bicyclic) bond motifs is 1. The third-order valence-corrected chi connectivity index (χ3v) is 8.42. The molecule has 2 N–H and O–H groups in total. The molecular weight excluding hydrogens is 584 g/mol. The van der Waals surface area contributed by atoms with E-state index in [2.05, 4.69) is 5.32 Å². The van der Waals surface area contributed by atoms with Gasteiger partial charge < -0.3 is 34.6 Å². The zero-order valence-electron chi connectivity index (χ0n) is 28.5. The van der Waals surface area contributed by atoms with E-state index in [-0.39, 0.29) is 42.5 Å². The SMILES string of the molecule is C[C@@H]1CCCCO[C@H](CN(C)C(=O)Cc2ccccc2)[C@H](C)CN([C@@H](C)CO)C(=O)c2cc(NC(=O)CCCN(C)C)ccc2O1. The summed E-state index contributed by atoms with van der Waals surface area (Å²) < 4.78 is 12.7. The normalized spacial score (nSPS) is 20.3. The Morgan fingerprint density at radius 2 is 1.83 bits per heavy atom. The Morgan fingerprint density at radius 1 is 1.09 bits per heavy atom. The fourth-order valence-corrected chi connectivity index (χ4v) is 5.52. The van der Waals surface area contributed by atoms with Crippen molar-refractivity contribution in [3.63, 3.8) is 0 Å². The van der Waals surface area contributed by atoms with Crippen LogP contribution >= 0.6 is 0 Å². The molecule has 0 bridgehead atoms. The van der Waals surface area contributed by atoms with E-state index in [0.717, 1.165) is 37.8 Å². The Morgan fingerprint density at radius 3 is 2.52 bits per heavy atom. The lowest BCUT2D eigenvalue weighted by atomic mass is 10.0. The Kier molecular flexibility index (Phi) is 15.0. The van der Waals surface area contributed by atoms with Crippen LogP contribution in [0.25, 0.3) is 0 Å². The van der Waals surface area contributed by atoms with Gasteiger partial charge in [-0.15, -0.1) is 0 Å². The summed E-state index contributed by atoms with van der Waals surface area (Å²) in [5.74, 6) is -0.139. The maximum absolute atomic E-state index is 14.3. The summed E-state index contributed by atoms with van der Waals surface area (Å²) in [6.45, 7) is 7.57. The molecule has 4 atom stereocenters. The summed E-state index contributed by atoms with van der Waals surface area (Å²) in [4.78, 5) is 45.5. The molecule has 0 saturated carbocycles. The number of carbonyl (C=O) groups excluding carboxylic acids is 3. The average molecular weight is 639 g/mol. The van der Waals surface area contributed by atoms with Crippen LogP contribution in [0.1, 0.15) is 68.8 Å². The van der Waals surface area contributed by atoms with Crippen molar-refractivity contribution in [3.05, 3.63) is 59.7 Å². The quantitative estimate of drug-likeness (QED) is 0.374. The molecular formula is C36H54N4O6. The number of benzene rings is 2. The van der Waals surface area contributed by atoms with Gasteiger partial charge in [-0.2, -0.15) is 0 Å². The van der Waals surface area contributed by atoms with E-state index in [4.69, 9.17) is 9.47 Å². The number of aliphatic hydroxyl groups is 1. The number of nitrogens with one attached hydrogen (secondary N) is 1. The van der Waals surface area contributed by atoms with Crippen molar-refractivity contribution in [2.75, 3.05) is 59.3 Å². The summed E-state index contributed by atoms with van der Waals surface area (Å²) in [5.41, 5.74) is 1.80. The van der Waals surface area contributed by atoms with Crippen molar-refractivity contribution in [1.82, 2.24) is 14.7 Å². The van der Waals surface area contributed by atoms with Crippen molar-refractivity contribution in [1.29, 1.82) is 0 Å². The molecule has 3 rings (SSSR count). The van der Waals surface area contributed by atoms with Crippen molar-refractivity contribution in [2.24, 2.45) is 5.92 Å². The first-order valence-electron chi connectivity index (χ1n) is 16.5. The molecule has 46 heavy (non-hydrogen) atoms. The predicted octanol–water partition coefficient (Wildman–Crippen LogP) is 4.46. The minimum absolute atomic E-state index is 0.00532. The van der Waals surface area contributed by atoms with Gasteiger partial charge in [-0.1, -0.05) is 37.3 Å². The smallest absolute Gasteiger partial charge is 0.258 e. The van der Waals surface area contributed by atoms with Crippen LogP contribution in [0.3, 0.4) is 0 Å². The molecule has 0 aliphatic carbocycles. The van der Waals surface area contributed by atoms with Gasteiger partial charge in [0, 0.05) is 44.8 Å². The second-order valence-corrected chi connectivity index (χ2v) is 12.9. The van der Waals surface area contributed by atoms with Gasteiger partial charge in [0.05, 0.1) is 36.8 Å². The summed E-state index contributed by atoms with van der Waals surface area (Å²) in [6.07, 6.45) is 3.39. The zero-order valence-corrected chi connectivity index (χ0v) is 28.5. The predicted molar refractivity (Wildman–Crippen MR) is 181 cm³/mol. The van der Waals surface area contributed by atoms with Gasteiger partial charge in [0.25, 0.3) is 5.91 Å². The number of likely N-dealkylation sites (N-methyl/N-ethyl adjacent to an activating group) is 1. The molecule has 0 unspecified atom stereocenters. The first-order chi connectivity index (χ1) is 22.0. The van der Waals surface area contributed by atoms with Crippen molar-refractivity contribution in [3.8, 4) is 5.75 Å². The minimum atomic E-state index is -0.490. The van der Waals surface area contributed by atoms with Gasteiger partial charge in [-0.25, -0.2) is 0 Å². The first-order valence-corrected chi connectivity index (χ1v) is 16.5. The van der Waals surface area contributed by atoms with Crippen LogP contribution in [0.5, 0.6) is 5.75 Å². The lowest BCUT2D eigenvalue weighted by Crippen LogP contribution is -2.48. The standard InChI is InChI=1S/C36H54N4O6/c1-26-23-40(27(2)25-41)36(44)31-22-30(37-34(42)16-12-19-38(4)5)17-18-32(31)46-28(3)13-10-11-20-45-33(26)24-39(6)35(43)21-29-14-8-7-9-15-29/h7-9,14-15,17-18,22,26-28,33,41H,10-13,16,19-21,23-25H2,1-6H3,(H,37,42)/t26-,27+,28-,33-/m1/s1. The summed E-state index contributed by atoms with van der Waals surface area (Å²) in [7, 11) is 5.73. The number of carbonyl (C=O) groups is 3. The molecule has 10 heteroatoms.